The lowest BCUT2D eigenvalue weighted by Crippen LogP contribution is -2.49. The lowest BCUT2D eigenvalue weighted by atomic mass is 9.87. The zero-order valence-corrected chi connectivity index (χ0v) is 22.4. The smallest absolute Gasteiger partial charge is 0.272 e. The number of benzene rings is 3. The van der Waals surface area contributed by atoms with E-state index in [1.54, 1.807) is 0 Å². The number of halogens is 1. The fourth-order valence-corrected chi connectivity index (χ4v) is 4.85. The Labute approximate surface area is 224 Å². The molecular formula is C31H33ClN4O. The molecule has 2 heterocycles. The van der Waals surface area contributed by atoms with Gasteiger partial charge in [-0.2, -0.15) is 5.10 Å². The van der Waals surface area contributed by atoms with Crippen LogP contribution in [0.3, 0.4) is 0 Å². The van der Waals surface area contributed by atoms with E-state index in [0.29, 0.717) is 30.4 Å². The topological polar surface area (TPSA) is 41.4 Å². The van der Waals surface area contributed by atoms with Crippen molar-refractivity contribution in [2.24, 2.45) is 0 Å². The highest BCUT2D eigenvalue weighted by molar-refractivity contribution is 6.30. The number of amides is 1. The highest BCUT2D eigenvalue weighted by Crippen LogP contribution is 2.25. The molecule has 190 valence electrons. The molecule has 1 amide bonds. The number of para-hydroxylation sites is 1. The second-order valence-corrected chi connectivity index (χ2v) is 11.1. The highest BCUT2D eigenvalue weighted by atomic mass is 35.5. The number of anilines is 1. The summed E-state index contributed by atoms with van der Waals surface area (Å²) >= 11 is 6.11. The van der Waals surface area contributed by atoms with Gasteiger partial charge < -0.3 is 9.80 Å². The molecule has 0 aliphatic carbocycles. The summed E-state index contributed by atoms with van der Waals surface area (Å²) in [7, 11) is 0. The molecule has 37 heavy (non-hydrogen) atoms. The largest absolute Gasteiger partial charge is 0.368 e. The van der Waals surface area contributed by atoms with Gasteiger partial charge in [-0.05, 0) is 46.9 Å². The Balaban J connectivity index is 1.40. The van der Waals surface area contributed by atoms with Crippen molar-refractivity contribution >= 4 is 23.2 Å². The van der Waals surface area contributed by atoms with E-state index < -0.39 is 0 Å². The second kappa shape index (κ2) is 10.4. The standard InChI is InChI=1S/C31H33ClN4O/c1-31(2,3)25-13-9-23(10-14-25)22-36-29(21-28(33-36)24-11-15-26(32)16-12-24)30(37)35-19-17-34(18-20-35)27-7-5-4-6-8-27/h4-16,21H,17-20,22H2,1-3H3. The third-order valence-electron chi connectivity index (χ3n) is 6.98. The number of hydrogen-bond donors (Lipinski definition) is 0. The molecule has 1 aromatic heterocycles. The molecule has 6 heteroatoms. The molecule has 4 aromatic rings. The van der Waals surface area contributed by atoms with E-state index in [0.717, 1.165) is 29.9 Å². The molecular weight excluding hydrogens is 480 g/mol. The van der Waals surface area contributed by atoms with Crippen molar-refractivity contribution in [1.29, 1.82) is 0 Å². The quantitative estimate of drug-likeness (QED) is 0.306. The summed E-state index contributed by atoms with van der Waals surface area (Å²) in [4.78, 5) is 18.0. The van der Waals surface area contributed by atoms with Gasteiger partial charge in [-0.15, -0.1) is 0 Å². The summed E-state index contributed by atoms with van der Waals surface area (Å²) in [5, 5.41) is 5.55. The van der Waals surface area contributed by atoms with E-state index in [2.05, 4.69) is 74.2 Å². The molecule has 0 spiro atoms. The summed E-state index contributed by atoms with van der Waals surface area (Å²) in [6.07, 6.45) is 0. The number of carbonyl (C=O) groups excluding carboxylic acids is 1. The van der Waals surface area contributed by atoms with Gasteiger partial charge in [0.1, 0.15) is 5.69 Å². The first-order valence-electron chi connectivity index (χ1n) is 12.8. The monoisotopic (exact) mass is 512 g/mol. The van der Waals surface area contributed by atoms with Crippen LogP contribution in [0.4, 0.5) is 5.69 Å². The number of hydrogen-bond acceptors (Lipinski definition) is 3. The molecule has 1 aliphatic rings. The zero-order chi connectivity index (χ0) is 26.0. The molecule has 0 saturated carbocycles. The second-order valence-electron chi connectivity index (χ2n) is 10.6. The van der Waals surface area contributed by atoms with Gasteiger partial charge >= 0.3 is 0 Å². The van der Waals surface area contributed by atoms with Gasteiger partial charge in [-0.25, -0.2) is 0 Å². The summed E-state index contributed by atoms with van der Waals surface area (Å²) in [5.74, 6) is 0.0201. The Kier molecular flexibility index (Phi) is 7.07. The van der Waals surface area contributed by atoms with E-state index in [1.165, 1.54) is 11.3 Å². The number of aromatic nitrogens is 2. The lowest BCUT2D eigenvalue weighted by molar-refractivity contribution is 0.0734. The van der Waals surface area contributed by atoms with Crippen LogP contribution in [0.25, 0.3) is 11.3 Å². The van der Waals surface area contributed by atoms with Gasteiger partial charge in [0.05, 0.1) is 12.2 Å². The van der Waals surface area contributed by atoms with Crippen LogP contribution >= 0.6 is 11.6 Å². The van der Waals surface area contributed by atoms with Crippen LogP contribution in [0, 0.1) is 0 Å². The summed E-state index contributed by atoms with van der Waals surface area (Å²) < 4.78 is 1.85. The minimum atomic E-state index is 0.0201. The predicted molar refractivity (Wildman–Crippen MR) is 151 cm³/mol. The first-order valence-corrected chi connectivity index (χ1v) is 13.2. The van der Waals surface area contributed by atoms with Gasteiger partial charge in [0.15, 0.2) is 0 Å². The van der Waals surface area contributed by atoms with E-state index in [9.17, 15) is 4.79 Å². The van der Waals surface area contributed by atoms with Crippen molar-refractivity contribution in [2.45, 2.75) is 32.7 Å². The summed E-state index contributed by atoms with van der Waals surface area (Å²) in [5.41, 5.74) is 6.01. The van der Waals surface area contributed by atoms with E-state index in [1.807, 2.05) is 46.0 Å². The first kappa shape index (κ1) is 25.1. The van der Waals surface area contributed by atoms with Crippen molar-refractivity contribution in [3.63, 3.8) is 0 Å². The van der Waals surface area contributed by atoms with Crippen LogP contribution in [-0.2, 0) is 12.0 Å². The lowest BCUT2D eigenvalue weighted by Gasteiger charge is -2.36. The van der Waals surface area contributed by atoms with Crippen molar-refractivity contribution in [2.75, 3.05) is 31.1 Å². The average Bonchev–Trinajstić information content (AvgIpc) is 3.32. The number of rotatable bonds is 5. The fourth-order valence-electron chi connectivity index (χ4n) is 4.72. The maximum absolute atomic E-state index is 13.8. The molecule has 1 fully saturated rings. The minimum absolute atomic E-state index is 0.0201. The van der Waals surface area contributed by atoms with Crippen molar-refractivity contribution < 1.29 is 4.79 Å². The SMILES string of the molecule is CC(C)(C)c1ccc(Cn2nc(-c3ccc(Cl)cc3)cc2C(=O)N2CCN(c3ccccc3)CC2)cc1. The molecule has 5 rings (SSSR count). The van der Waals surface area contributed by atoms with Gasteiger partial charge in [-0.3, -0.25) is 9.48 Å². The third kappa shape index (κ3) is 5.72. The average molecular weight is 513 g/mol. The molecule has 1 saturated heterocycles. The first-order chi connectivity index (χ1) is 17.8. The van der Waals surface area contributed by atoms with Crippen molar-refractivity contribution in [3.05, 3.63) is 107 Å². The van der Waals surface area contributed by atoms with E-state index in [4.69, 9.17) is 16.7 Å². The van der Waals surface area contributed by atoms with Crippen molar-refractivity contribution in [1.82, 2.24) is 14.7 Å². The van der Waals surface area contributed by atoms with Crippen LogP contribution < -0.4 is 4.90 Å². The van der Waals surface area contributed by atoms with Crippen LogP contribution in [0.15, 0.2) is 84.9 Å². The Morgan fingerprint density at radius 2 is 1.51 bits per heavy atom. The molecule has 5 nitrogen and oxygen atoms in total. The fraction of sp³-hybridized carbons (Fsp3) is 0.290. The number of carbonyl (C=O) groups is 1. The van der Waals surface area contributed by atoms with Crippen LogP contribution in [0.2, 0.25) is 5.02 Å². The molecule has 0 unspecified atom stereocenters. The third-order valence-corrected chi connectivity index (χ3v) is 7.23. The van der Waals surface area contributed by atoms with Crippen LogP contribution in [0.5, 0.6) is 0 Å². The number of nitrogens with zero attached hydrogens (tertiary/aromatic N) is 4. The highest BCUT2D eigenvalue weighted by Gasteiger charge is 2.26. The zero-order valence-electron chi connectivity index (χ0n) is 21.7. The minimum Gasteiger partial charge on any atom is -0.368 e. The van der Waals surface area contributed by atoms with Gasteiger partial charge in [0.25, 0.3) is 5.91 Å². The Hall–Kier alpha value is -3.57. The molecule has 0 N–H and O–H groups in total. The summed E-state index contributed by atoms with van der Waals surface area (Å²) in [6, 6.07) is 28.5. The Morgan fingerprint density at radius 3 is 2.14 bits per heavy atom. The maximum Gasteiger partial charge on any atom is 0.272 e. The molecule has 1 aliphatic heterocycles. The Bertz CT molecular complexity index is 1350. The van der Waals surface area contributed by atoms with Gasteiger partial charge in [-0.1, -0.05) is 87.0 Å². The van der Waals surface area contributed by atoms with Crippen LogP contribution in [-0.4, -0.2) is 46.8 Å². The molecule has 3 aromatic carbocycles. The Morgan fingerprint density at radius 1 is 0.865 bits per heavy atom. The number of piperazine rings is 1. The molecule has 0 atom stereocenters. The van der Waals surface area contributed by atoms with Gasteiger partial charge in [0.2, 0.25) is 0 Å². The van der Waals surface area contributed by atoms with E-state index in [-0.39, 0.29) is 11.3 Å². The predicted octanol–water partition coefficient (Wildman–Crippen LogP) is 6.51. The van der Waals surface area contributed by atoms with Gasteiger partial charge in [0, 0.05) is 42.5 Å². The molecule has 0 radical (unpaired) electrons. The summed E-state index contributed by atoms with van der Waals surface area (Å²) in [6.45, 7) is 10.1. The van der Waals surface area contributed by atoms with E-state index >= 15 is 0 Å². The maximum atomic E-state index is 13.8. The van der Waals surface area contributed by atoms with Crippen molar-refractivity contribution in [3.8, 4) is 11.3 Å². The van der Waals surface area contributed by atoms with Crippen LogP contribution in [0.1, 0.15) is 42.4 Å². The normalized spacial score (nSPS) is 14.2. The molecule has 0 bridgehead atoms.